The number of aromatic nitrogens is 1. The molecule has 0 atom stereocenters. The number of amides is 3. The average molecular weight is 493 g/mol. The summed E-state index contributed by atoms with van der Waals surface area (Å²) in [4.78, 5) is 45.5. The number of thiazole rings is 1. The Morgan fingerprint density at radius 1 is 1.30 bits per heavy atom. The maximum atomic E-state index is 12.9. The van der Waals surface area contributed by atoms with Crippen LogP contribution in [0.25, 0.3) is 0 Å². The minimum atomic E-state index is -0.267. The molecular weight excluding hydrogens is 464 g/mol. The van der Waals surface area contributed by atoms with Crippen LogP contribution in [0.3, 0.4) is 0 Å². The van der Waals surface area contributed by atoms with Gasteiger partial charge < -0.3 is 19.9 Å². The molecule has 0 bridgehead atoms. The molecule has 178 valence electrons. The van der Waals surface area contributed by atoms with Crippen LogP contribution in [0.1, 0.15) is 49.1 Å². The van der Waals surface area contributed by atoms with Gasteiger partial charge in [0.05, 0.1) is 19.1 Å². The van der Waals surface area contributed by atoms with Gasteiger partial charge >= 0.3 is 12.0 Å². The molecule has 3 rings (SSSR count). The summed E-state index contributed by atoms with van der Waals surface area (Å²) < 4.78 is 5.09. The lowest BCUT2D eigenvalue weighted by Crippen LogP contribution is -2.41. The van der Waals surface area contributed by atoms with Gasteiger partial charge in [-0.2, -0.15) is 0 Å². The number of benzene rings is 1. The number of likely N-dealkylation sites (tertiary alicyclic amines) is 1. The van der Waals surface area contributed by atoms with E-state index >= 15 is 0 Å². The Bertz CT molecular complexity index is 988. The van der Waals surface area contributed by atoms with E-state index in [0.29, 0.717) is 53.9 Å². The number of carbonyl (C=O) groups excluding carboxylic acids is 3. The zero-order valence-corrected chi connectivity index (χ0v) is 20.6. The van der Waals surface area contributed by atoms with Crippen molar-refractivity contribution in [2.45, 2.75) is 46.2 Å². The van der Waals surface area contributed by atoms with Gasteiger partial charge in [-0.25, -0.2) is 9.78 Å². The van der Waals surface area contributed by atoms with Crippen LogP contribution < -0.4 is 5.32 Å². The Morgan fingerprint density at radius 3 is 2.67 bits per heavy atom. The minimum Gasteiger partial charge on any atom is -0.466 e. The third-order valence-electron chi connectivity index (χ3n) is 5.44. The van der Waals surface area contributed by atoms with E-state index in [1.807, 2.05) is 13.8 Å². The number of esters is 1. The van der Waals surface area contributed by atoms with Gasteiger partial charge in [0.25, 0.3) is 5.91 Å². The Morgan fingerprint density at radius 2 is 2.03 bits per heavy atom. The SMILES string of the molecule is CCOC(=O)C1CCN(C(=O)c2csc(CN(C(=O)Nc3cccc(Cl)c3)C(C)C)n2)CC1. The lowest BCUT2D eigenvalue weighted by molar-refractivity contribution is -0.149. The van der Waals surface area contributed by atoms with Gasteiger partial charge in [0.1, 0.15) is 10.7 Å². The fraction of sp³-hybridized carbons (Fsp3) is 0.478. The van der Waals surface area contributed by atoms with Crippen LogP contribution in [0.5, 0.6) is 0 Å². The molecule has 1 fully saturated rings. The maximum Gasteiger partial charge on any atom is 0.322 e. The summed E-state index contributed by atoms with van der Waals surface area (Å²) in [5.41, 5.74) is 0.975. The van der Waals surface area contributed by atoms with Crippen LogP contribution in [-0.4, -0.2) is 58.4 Å². The monoisotopic (exact) mass is 492 g/mol. The summed E-state index contributed by atoms with van der Waals surface area (Å²) in [5, 5.41) is 5.79. The molecule has 2 aromatic rings. The van der Waals surface area contributed by atoms with E-state index in [2.05, 4.69) is 10.3 Å². The first-order valence-electron chi connectivity index (χ1n) is 11.0. The number of piperidine rings is 1. The van der Waals surface area contributed by atoms with Crippen molar-refractivity contribution >= 4 is 46.5 Å². The summed E-state index contributed by atoms with van der Waals surface area (Å²) >= 11 is 7.35. The lowest BCUT2D eigenvalue weighted by Gasteiger charge is -2.30. The quantitative estimate of drug-likeness (QED) is 0.568. The largest absolute Gasteiger partial charge is 0.466 e. The Kier molecular flexibility index (Phi) is 8.68. The van der Waals surface area contributed by atoms with Crippen molar-refractivity contribution < 1.29 is 19.1 Å². The average Bonchev–Trinajstić information content (AvgIpc) is 3.26. The topological polar surface area (TPSA) is 91.8 Å². The number of nitrogens with one attached hydrogen (secondary N) is 1. The molecule has 1 aromatic carbocycles. The second-order valence-corrected chi connectivity index (χ2v) is 9.49. The smallest absolute Gasteiger partial charge is 0.322 e. The highest BCUT2D eigenvalue weighted by atomic mass is 35.5. The second-order valence-electron chi connectivity index (χ2n) is 8.11. The van der Waals surface area contributed by atoms with E-state index in [-0.39, 0.29) is 36.4 Å². The van der Waals surface area contributed by atoms with Crippen LogP contribution >= 0.6 is 22.9 Å². The molecule has 1 aliphatic heterocycles. The van der Waals surface area contributed by atoms with Crippen molar-refractivity contribution in [2.75, 3.05) is 25.0 Å². The number of rotatable bonds is 7. The number of anilines is 1. The van der Waals surface area contributed by atoms with E-state index in [9.17, 15) is 14.4 Å². The van der Waals surface area contributed by atoms with Crippen molar-refractivity contribution in [3.8, 4) is 0 Å². The summed E-state index contributed by atoms with van der Waals surface area (Å²) in [7, 11) is 0. The van der Waals surface area contributed by atoms with Crippen LogP contribution in [-0.2, 0) is 16.1 Å². The number of carbonyl (C=O) groups is 3. The Labute approximate surface area is 202 Å². The van der Waals surface area contributed by atoms with E-state index in [0.717, 1.165) is 0 Å². The third-order valence-corrected chi connectivity index (χ3v) is 6.51. The molecule has 0 spiro atoms. The molecule has 0 unspecified atom stereocenters. The number of hydrogen-bond donors (Lipinski definition) is 1. The Balaban J connectivity index is 1.59. The predicted molar refractivity (Wildman–Crippen MR) is 129 cm³/mol. The molecule has 10 heteroatoms. The van der Waals surface area contributed by atoms with Gasteiger partial charge in [-0.3, -0.25) is 9.59 Å². The third kappa shape index (κ3) is 6.68. The number of nitrogens with zero attached hydrogens (tertiary/aromatic N) is 3. The van der Waals surface area contributed by atoms with Crippen molar-refractivity contribution in [1.82, 2.24) is 14.8 Å². The van der Waals surface area contributed by atoms with E-state index in [1.54, 1.807) is 46.4 Å². The second kappa shape index (κ2) is 11.5. The van der Waals surface area contributed by atoms with Crippen LogP contribution in [0, 0.1) is 5.92 Å². The van der Waals surface area contributed by atoms with E-state index < -0.39 is 0 Å². The number of ether oxygens (including phenoxy) is 1. The molecule has 3 amide bonds. The van der Waals surface area contributed by atoms with Gasteiger partial charge in [0.15, 0.2) is 0 Å². The highest BCUT2D eigenvalue weighted by molar-refractivity contribution is 7.09. The zero-order chi connectivity index (χ0) is 24.0. The lowest BCUT2D eigenvalue weighted by atomic mass is 9.97. The van der Waals surface area contributed by atoms with Crippen LogP contribution in [0.4, 0.5) is 10.5 Å². The molecule has 2 heterocycles. The molecule has 1 saturated heterocycles. The molecule has 0 aliphatic carbocycles. The molecule has 1 N–H and O–H groups in total. The maximum absolute atomic E-state index is 12.9. The highest BCUT2D eigenvalue weighted by Crippen LogP contribution is 2.22. The molecule has 0 radical (unpaired) electrons. The van der Waals surface area contributed by atoms with Crippen molar-refractivity contribution in [3.05, 3.63) is 45.4 Å². The highest BCUT2D eigenvalue weighted by Gasteiger charge is 2.29. The molecule has 1 aromatic heterocycles. The van der Waals surface area contributed by atoms with Crippen LogP contribution in [0.2, 0.25) is 5.02 Å². The predicted octanol–water partition coefficient (Wildman–Crippen LogP) is 4.65. The van der Waals surface area contributed by atoms with E-state index in [1.165, 1.54) is 11.3 Å². The molecule has 1 aliphatic rings. The summed E-state index contributed by atoms with van der Waals surface area (Å²) in [6.45, 7) is 7.27. The normalized spacial score (nSPS) is 14.3. The zero-order valence-electron chi connectivity index (χ0n) is 19.0. The van der Waals surface area contributed by atoms with Crippen molar-refractivity contribution in [3.63, 3.8) is 0 Å². The first-order chi connectivity index (χ1) is 15.8. The van der Waals surface area contributed by atoms with Crippen LogP contribution in [0.15, 0.2) is 29.6 Å². The van der Waals surface area contributed by atoms with Crippen molar-refractivity contribution in [2.24, 2.45) is 5.92 Å². The van der Waals surface area contributed by atoms with Gasteiger partial charge in [-0.1, -0.05) is 17.7 Å². The fourth-order valence-corrected chi connectivity index (χ4v) is 4.57. The number of hydrogen-bond acceptors (Lipinski definition) is 6. The first kappa shape index (κ1) is 25.0. The summed E-state index contributed by atoms with van der Waals surface area (Å²) in [5.74, 6) is -0.498. The summed E-state index contributed by atoms with van der Waals surface area (Å²) in [6, 6.07) is 6.62. The fourth-order valence-electron chi connectivity index (χ4n) is 3.62. The van der Waals surface area contributed by atoms with Gasteiger partial charge in [0, 0.05) is 35.2 Å². The Hall–Kier alpha value is -2.65. The molecule has 8 nitrogen and oxygen atoms in total. The molecule has 33 heavy (non-hydrogen) atoms. The van der Waals surface area contributed by atoms with Gasteiger partial charge in [-0.15, -0.1) is 11.3 Å². The van der Waals surface area contributed by atoms with Gasteiger partial charge in [-0.05, 0) is 51.8 Å². The number of halogens is 1. The first-order valence-corrected chi connectivity index (χ1v) is 12.3. The van der Waals surface area contributed by atoms with Gasteiger partial charge in [0.2, 0.25) is 0 Å². The molecular formula is C23H29ClN4O4S. The summed E-state index contributed by atoms with van der Waals surface area (Å²) in [6.07, 6.45) is 1.18. The van der Waals surface area contributed by atoms with Crippen molar-refractivity contribution in [1.29, 1.82) is 0 Å². The molecule has 0 saturated carbocycles. The minimum absolute atomic E-state index is 0.0749. The number of urea groups is 1. The standard InChI is InChI=1S/C23H29ClN4O4S/c1-4-32-22(30)16-8-10-27(11-9-16)21(29)19-14-33-20(26-19)13-28(15(2)3)23(31)25-18-7-5-6-17(24)12-18/h5-7,12,14-16H,4,8-11,13H2,1-3H3,(H,25,31). The van der Waals surface area contributed by atoms with E-state index in [4.69, 9.17) is 16.3 Å².